The molecule has 0 aliphatic carbocycles. The number of H-pyrrole nitrogens is 1. The number of ether oxygens (including phenoxy) is 1. The Morgan fingerprint density at radius 3 is 2.91 bits per heavy atom. The van der Waals surface area contributed by atoms with Crippen LogP contribution >= 0.6 is 0 Å². The summed E-state index contributed by atoms with van der Waals surface area (Å²) in [6.45, 7) is 5.69. The molecule has 1 aromatic carbocycles. The lowest BCUT2D eigenvalue weighted by molar-refractivity contribution is 0.0943. The third-order valence-electron chi connectivity index (χ3n) is 4.00. The molecule has 6 nitrogen and oxygen atoms in total. The van der Waals surface area contributed by atoms with Gasteiger partial charge < -0.3 is 20.4 Å². The molecule has 2 heterocycles. The molecule has 1 aliphatic rings. The minimum Gasteiger partial charge on any atom is -0.497 e. The van der Waals surface area contributed by atoms with E-state index in [4.69, 9.17) is 4.74 Å². The van der Waals surface area contributed by atoms with Gasteiger partial charge in [-0.1, -0.05) is 0 Å². The molecule has 3 rings (SSSR count). The van der Waals surface area contributed by atoms with Gasteiger partial charge in [0.1, 0.15) is 11.4 Å². The number of methoxy groups -OCH3 is 1. The zero-order chi connectivity index (χ0) is 15.4. The molecule has 0 radical (unpaired) electrons. The molecule has 1 saturated heterocycles. The number of piperazine rings is 1. The number of aromatic nitrogens is 1. The normalized spacial score (nSPS) is 15.9. The molecule has 3 N–H and O–H groups in total. The van der Waals surface area contributed by atoms with Gasteiger partial charge in [-0.25, -0.2) is 0 Å². The van der Waals surface area contributed by atoms with Crippen LogP contribution in [0.2, 0.25) is 0 Å². The number of fused-ring (bicyclic) bond motifs is 1. The first-order valence-electron chi connectivity index (χ1n) is 7.64. The average molecular weight is 302 g/mol. The molecule has 1 aromatic heterocycles. The summed E-state index contributed by atoms with van der Waals surface area (Å²) in [5, 5.41) is 7.27. The van der Waals surface area contributed by atoms with E-state index in [9.17, 15) is 4.79 Å². The zero-order valence-electron chi connectivity index (χ0n) is 12.8. The van der Waals surface area contributed by atoms with E-state index in [0.29, 0.717) is 12.2 Å². The van der Waals surface area contributed by atoms with E-state index in [1.54, 1.807) is 7.11 Å². The highest BCUT2D eigenvalue weighted by molar-refractivity contribution is 5.98. The van der Waals surface area contributed by atoms with Crippen molar-refractivity contribution in [1.82, 2.24) is 20.5 Å². The summed E-state index contributed by atoms with van der Waals surface area (Å²) in [6.07, 6.45) is 0. The molecular weight excluding hydrogens is 280 g/mol. The Morgan fingerprint density at radius 1 is 1.32 bits per heavy atom. The van der Waals surface area contributed by atoms with Gasteiger partial charge >= 0.3 is 0 Å². The van der Waals surface area contributed by atoms with Gasteiger partial charge in [0.15, 0.2) is 0 Å². The first-order chi connectivity index (χ1) is 10.8. The molecule has 1 fully saturated rings. The van der Waals surface area contributed by atoms with Crippen LogP contribution in [-0.2, 0) is 0 Å². The standard InChI is InChI=1S/C16H22N4O2/c1-22-13-2-3-14-12(10-13)11-15(19-14)16(21)18-6-9-20-7-4-17-5-8-20/h2-3,10-11,17,19H,4-9H2,1H3,(H,18,21). The van der Waals surface area contributed by atoms with Crippen molar-refractivity contribution >= 4 is 16.8 Å². The highest BCUT2D eigenvalue weighted by Crippen LogP contribution is 2.21. The Morgan fingerprint density at radius 2 is 2.14 bits per heavy atom. The van der Waals surface area contributed by atoms with Crippen LogP contribution in [-0.4, -0.2) is 62.2 Å². The van der Waals surface area contributed by atoms with Gasteiger partial charge in [0.25, 0.3) is 5.91 Å². The van der Waals surface area contributed by atoms with Crippen LogP contribution < -0.4 is 15.4 Å². The maximum absolute atomic E-state index is 12.2. The number of hydrogen-bond acceptors (Lipinski definition) is 4. The van der Waals surface area contributed by atoms with E-state index in [2.05, 4.69) is 20.5 Å². The van der Waals surface area contributed by atoms with Crippen LogP contribution in [0, 0.1) is 0 Å². The summed E-state index contributed by atoms with van der Waals surface area (Å²) in [5.41, 5.74) is 1.52. The monoisotopic (exact) mass is 302 g/mol. The van der Waals surface area contributed by atoms with Crippen molar-refractivity contribution in [2.24, 2.45) is 0 Å². The summed E-state index contributed by atoms with van der Waals surface area (Å²) >= 11 is 0. The van der Waals surface area contributed by atoms with Crippen LogP contribution in [0.25, 0.3) is 10.9 Å². The molecule has 0 bridgehead atoms. The molecular formula is C16H22N4O2. The van der Waals surface area contributed by atoms with Crippen molar-refractivity contribution in [2.45, 2.75) is 0 Å². The zero-order valence-corrected chi connectivity index (χ0v) is 12.8. The number of aromatic amines is 1. The molecule has 0 saturated carbocycles. The minimum atomic E-state index is -0.0645. The third-order valence-corrected chi connectivity index (χ3v) is 4.00. The molecule has 0 unspecified atom stereocenters. The summed E-state index contributed by atoms with van der Waals surface area (Å²) in [5.74, 6) is 0.725. The fourth-order valence-corrected chi connectivity index (χ4v) is 2.72. The second kappa shape index (κ2) is 6.81. The van der Waals surface area contributed by atoms with Crippen molar-refractivity contribution in [3.63, 3.8) is 0 Å². The Kier molecular flexibility index (Phi) is 4.60. The Hall–Kier alpha value is -2.05. The van der Waals surface area contributed by atoms with Gasteiger partial charge in [-0.05, 0) is 24.3 Å². The lowest BCUT2D eigenvalue weighted by Gasteiger charge is -2.27. The number of carbonyl (C=O) groups excluding carboxylic acids is 1. The summed E-state index contributed by atoms with van der Waals surface area (Å²) in [6, 6.07) is 7.58. The van der Waals surface area contributed by atoms with E-state index in [1.807, 2.05) is 24.3 Å². The second-order valence-corrected chi connectivity index (χ2v) is 5.48. The SMILES string of the molecule is COc1ccc2[nH]c(C(=O)NCCN3CCNCC3)cc2c1. The number of rotatable bonds is 5. The van der Waals surface area contributed by atoms with Crippen LogP contribution in [0.3, 0.4) is 0 Å². The smallest absolute Gasteiger partial charge is 0.267 e. The van der Waals surface area contributed by atoms with E-state index in [0.717, 1.165) is 49.4 Å². The maximum atomic E-state index is 12.2. The molecule has 118 valence electrons. The lowest BCUT2D eigenvalue weighted by atomic mass is 10.2. The molecule has 1 amide bonds. The molecule has 22 heavy (non-hydrogen) atoms. The van der Waals surface area contributed by atoms with Crippen molar-refractivity contribution < 1.29 is 9.53 Å². The van der Waals surface area contributed by atoms with Crippen LogP contribution in [0.5, 0.6) is 5.75 Å². The predicted octanol–water partition coefficient (Wildman–Crippen LogP) is 0.812. The van der Waals surface area contributed by atoms with Crippen molar-refractivity contribution in [3.8, 4) is 5.75 Å². The van der Waals surface area contributed by atoms with E-state index >= 15 is 0 Å². The maximum Gasteiger partial charge on any atom is 0.267 e. The van der Waals surface area contributed by atoms with Crippen molar-refractivity contribution in [2.75, 3.05) is 46.4 Å². The average Bonchev–Trinajstić information content (AvgIpc) is 2.99. The van der Waals surface area contributed by atoms with Gasteiger partial charge in [0.2, 0.25) is 0 Å². The van der Waals surface area contributed by atoms with Crippen LogP contribution in [0.15, 0.2) is 24.3 Å². The fraction of sp³-hybridized carbons (Fsp3) is 0.438. The fourth-order valence-electron chi connectivity index (χ4n) is 2.72. The van der Waals surface area contributed by atoms with Gasteiger partial charge in [0, 0.05) is 50.2 Å². The molecule has 2 aromatic rings. The first kappa shape index (κ1) is 14.9. The van der Waals surface area contributed by atoms with E-state index < -0.39 is 0 Å². The number of hydrogen-bond donors (Lipinski definition) is 3. The first-order valence-corrected chi connectivity index (χ1v) is 7.64. The highest BCUT2D eigenvalue weighted by Gasteiger charge is 2.12. The topological polar surface area (TPSA) is 69.4 Å². The lowest BCUT2D eigenvalue weighted by Crippen LogP contribution is -2.46. The van der Waals surface area contributed by atoms with Gasteiger partial charge in [-0.2, -0.15) is 0 Å². The van der Waals surface area contributed by atoms with Crippen molar-refractivity contribution in [3.05, 3.63) is 30.0 Å². The van der Waals surface area contributed by atoms with Gasteiger partial charge in [-0.3, -0.25) is 9.69 Å². The third kappa shape index (κ3) is 3.40. The van der Waals surface area contributed by atoms with Crippen molar-refractivity contribution in [1.29, 1.82) is 0 Å². The second-order valence-electron chi connectivity index (χ2n) is 5.48. The van der Waals surface area contributed by atoms with Gasteiger partial charge in [0.05, 0.1) is 7.11 Å². The number of amides is 1. The summed E-state index contributed by atoms with van der Waals surface area (Å²) in [4.78, 5) is 17.7. The van der Waals surface area contributed by atoms with E-state index in [1.165, 1.54) is 0 Å². The molecule has 1 aliphatic heterocycles. The number of nitrogens with zero attached hydrogens (tertiary/aromatic N) is 1. The molecule has 0 spiro atoms. The Labute approximate surface area is 129 Å². The Bertz CT molecular complexity index is 647. The van der Waals surface area contributed by atoms with Crippen LogP contribution in [0.4, 0.5) is 0 Å². The summed E-state index contributed by atoms with van der Waals surface area (Å²) in [7, 11) is 1.64. The number of carbonyl (C=O) groups is 1. The largest absolute Gasteiger partial charge is 0.497 e. The molecule has 0 atom stereocenters. The Balaban J connectivity index is 1.57. The minimum absolute atomic E-state index is 0.0645. The molecule has 6 heteroatoms. The summed E-state index contributed by atoms with van der Waals surface area (Å²) < 4.78 is 5.20. The predicted molar refractivity (Wildman–Crippen MR) is 86.5 cm³/mol. The number of nitrogens with one attached hydrogen (secondary N) is 3. The number of benzene rings is 1. The van der Waals surface area contributed by atoms with E-state index in [-0.39, 0.29) is 5.91 Å². The quantitative estimate of drug-likeness (QED) is 0.764. The van der Waals surface area contributed by atoms with Crippen LogP contribution in [0.1, 0.15) is 10.5 Å². The van der Waals surface area contributed by atoms with Gasteiger partial charge in [-0.15, -0.1) is 0 Å². The highest BCUT2D eigenvalue weighted by atomic mass is 16.5.